The van der Waals surface area contributed by atoms with E-state index in [0.717, 1.165) is 0 Å². The van der Waals surface area contributed by atoms with E-state index < -0.39 is 48.0 Å². The van der Waals surface area contributed by atoms with E-state index in [1.54, 1.807) is 0 Å². The number of nitrogens with two attached hydrogens (primary N) is 1. The first kappa shape index (κ1) is 15.1. The standard InChI is InChI=1S/C9H7F5N2O3/c10-7(11)4-1-3(2-15)6(19-9(12,13)14)5(16-4)8(17)18/h1,7H,2,15H2,(H,17,18). The van der Waals surface area contributed by atoms with Crippen molar-refractivity contribution in [2.75, 3.05) is 0 Å². The van der Waals surface area contributed by atoms with Crippen LogP contribution in [0.3, 0.4) is 0 Å². The molecule has 0 spiro atoms. The van der Waals surface area contributed by atoms with Crippen LogP contribution in [0.2, 0.25) is 0 Å². The number of hydrogen-bond donors (Lipinski definition) is 2. The zero-order valence-corrected chi connectivity index (χ0v) is 9.04. The third-order valence-electron chi connectivity index (χ3n) is 1.93. The van der Waals surface area contributed by atoms with E-state index >= 15 is 0 Å². The normalized spacial score (nSPS) is 11.7. The summed E-state index contributed by atoms with van der Waals surface area (Å²) in [5, 5.41) is 8.69. The van der Waals surface area contributed by atoms with Crippen LogP contribution >= 0.6 is 0 Å². The lowest BCUT2D eigenvalue weighted by Crippen LogP contribution is -2.22. The molecule has 0 aliphatic carbocycles. The SMILES string of the molecule is NCc1cc(C(F)F)nc(C(=O)O)c1OC(F)(F)F. The Balaban J connectivity index is 3.45. The lowest BCUT2D eigenvalue weighted by Gasteiger charge is -2.15. The summed E-state index contributed by atoms with van der Waals surface area (Å²) in [5.74, 6) is -3.12. The Bertz CT molecular complexity index is 489. The Morgan fingerprint density at radius 3 is 2.42 bits per heavy atom. The van der Waals surface area contributed by atoms with Crippen molar-refractivity contribution in [2.24, 2.45) is 5.73 Å². The van der Waals surface area contributed by atoms with Crippen LogP contribution in [0.1, 0.15) is 28.2 Å². The molecule has 1 heterocycles. The molecule has 19 heavy (non-hydrogen) atoms. The highest BCUT2D eigenvalue weighted by Gasteiger charge is 2.35. The highest BCUT2D eigenvalue weighted by Crippen LogP contribution is 2.32. The molecule has 106 valence electrons. The number of carboxylic acids is 1. The largest absolute Gasteiger partial charge is 0.573 e. The van der Waals surface area contributed by atoms with E-state index in [9.17, 15) is 26.7 Å². The van der Waals surface area contributed by atoms with Crippen molar-refractivity contribution in [1.29, 1.82) is 0 Å². The van der Waals surface area contributed by atoms with E-state index in [4.69, 9.17) is 10.8 Å². The van der Waals surface area contributed by atoms with Crippen molar-refractivity contribution in [3.8, 4) is 5.75 Å². The molecule has 0 bridgehead atoms. The zero-order valence-electron chi connectivity index (χ0n) is 9.04. The van der Waals surface area contributed by atoms with Crippen LogP contribution in [0.25, 0.3) is 0 Å². The Kier molecular flexibility index (Phi) is 4.24. The second kappa shape index (κ2) is 5.34. The molecule has 0 aliphatic heterocycles. The summed E-state index contributed by atoms with van der Waals surface area (Å²) in [7, 11) is 0. The first-order chi connectivity index (χ1) is 8.65. The van der Waals surface area contributed by atoms with Gasteiger partial charge in [0.1, 0.15) is 5.69 Å². The van der Waals surface area contributed by atoms with Gasteiger partial charge in [-0.15, -0.1) is 13.2 Å². The number of carbonyl (C=O) groups is 1. The summed E-state index contributed by atoms with van der Waals surface area (Å²) >= 11 is 0. The van der Waals surface area contributed by atoms with Gasteiger partial charge in [0.25, 0.3) is 6.43 Å². The molecule has 0 atom stereocenters. The monoisotopic (exact) mass is 286 g/mol. The van der Waals surface area contributed by atoms with Crippen LogP contribution < -0.4 is 10.5 Å². The molecule has 0 fully saturated rings. The van der Waals surface area contributed by atoms with Gasteiger partial charge in [0.2, 0.25) is 0 Å². The average Bonchev–Trinajstić information content (AvgIpc) is 2.26. The summed E-state index contributed by atoms with van der Waals surface area (Å²) in [5.41, 5.74) is 2.31. The predicted octanol–water partition coefficient (Wildman–Crippen LogP) is 2.07. The van der Waals surface area contributed by atoms with Crippen molar-refractivity contribution >= 4 is 5.97 Å². The average molecular weight is 286 g/mol. The van der Waals surface area contributed by atoms with Crippen LogP contribution in [-0.2, 0) is 6.54 Å². The van der Waals surface area contributed by atoms with Gasteiger partial charge in [-0.3, -0.25) is 0 Å². The third kappa shape index (κ3) is 3.74. The number of carboxylic acid groups (broad SMARTS) is 1. The second-order valence-corrected chi connectivity index (χ2v) is 3.24. The quantitative estimate of drug-likeness (QED) is 0.828. The number of aromatic carboxylic acids is 1. The maximum atomic E-state index is 12.4. The Morgan fingerprint density at radius 1 is 1.47 bits per heavy atom. The van der Waals surface area contributed by atoms with Gasteiger partial charge < -0.3 is 15.6 Å². The first-order valence-electron chi connectivity index (χ1n) is 4.66. The van der Waals surface area contributed by atoms with E-state index in [1.165, 1.54) is 0 Å². The number of hydrogen-bond acceptors (Lipinski definition) is 4. The Labute approximate surface area is 102 Å². The summed E-state index contributed by atoms with van der Waals surface area (Å²) in [6, 6.07) is 0.568. The van der Waals surface area contributed by atoms with Gasteiger partial charge in [0, 0.05) is 12.1 Å². The maximum absolute atomic E-state index is 12.4. The van der Waals surface area contributed by atoms with E-state index in [2.05, 4.69) is 9.72 Å². The number of ether oxygens (including phenoxy) is 1. The van der Waals surface area contributed by atoms with Crippen LogP contribution in [0.5, 0.6) is 5.75 Å². The molecular formula is C9H7F5N2O3. The molecule has 1 aromatic heterocycles. The Morgan fingerprint density at radius 2 is 2.05 bits per heavy atom. The fourth-order valence-corrected chi connectivity index (χ4v) is 1.25. The second-order valence-electron chi connectivity index (χ2n) is 3.24. The van der Waals surface area contributed by atoms with Crippen LogP contribution in [-0.4, -0.2) is 22.4 Å². The third-order valence-corrected chi connectivity index (χ3v) is 1.93. The number of nitrogens with zero attached hydrogens (tertiary/aromatic N) is 1. The van der Waals surface area contributed by atoms with Crippen LogP contribution in [0, 0.1) is 0 Å². The predicted molar refractivity (Wildman–Crippen MR) is 50.7 cm³/mol. The van der Waals surface area contributed by atoms with Crippen molar-refractivity contribution in [2.45, 2.75) is 19.3 Å². The Hall–Kier alpha value is -1.97. The van der Waals surface area contributed by atoms with E-state index in [1.807, 2.05) is 0 Å². The van der Waals surface area contributed by atoms with Crippen LogP contribution in [0.15, 0.2) is 6.07 Å². The molecule has 10 heteroatoms. The molecule has 0 unspecified atom stereocenters. The zero-order chi connectivity index (χ0) is 14.8. The van der Waals surface area contributed by atoms with Crippen molar-refractivity contribution in [3.05, 3.63) is 23.0 Å². The summed E-state index contributed by atoms with van der Waals surface area (Å²) in [6.45, 7) is -0.617. The first-order valence-corrected chi connectivity index (χ1v) is 4.66. The van der Waals surface area contributed by atoms with Gasteiger partial charge in [-0.1, -0.05) is 0 Å². The molecule has 5 nitrogen and oxygen atoms in total. The number of alkyl halides is 5. The fourth-order valence-electron chi connectivity index (χ4n) is 1.25. The van der Waals surface area contributed by atoms with Crippen molar-refractivity contribution in [3.63, 3.8) is 0 Å². The fraction of sp³-hybridized carbons (Fsp3) is 0.333. The minimum absolute atomic E-state index is 0.528. The van der Waals surface area contributed by atoms with Gasteiger partial charge in [0.15, 0.2) is 11.4 Å². The molecule has 3 N–H and O–H groups in total. The molecule has 0 aromatic carbocycles. The molecule has 1 aromatic rings. The molecule has 0 saturated heterocycles. The summed E-state index contributed by atoms with van der Waals surface area (Å²) in [4.78, 5) is 13.7. The smallest absolute Gasteiger partial charge is 0.476 e. The van der Waals surface area contributed by atoms with Crippen LogP contribution in [0.4, 0.5) is 22.0 Å². The maximum Gasteiger partial charge on any atom is 0.573 e. The minimum Gasteiger partial charge on any atom is -0.476 e. The topological polar surface area (TPSA) is 85.4 Å². The van der Waals surface area contributed by atoms with Gasteiger partial charge in [0.05, 0.1) is 0 Å². The van der Waals surface area contributed by atoms with E-state index in [0.29, 0.717) is 6.07 Å². The van der Waals surface area contributed by atoms with Crippen molar-refractivity contribution in [1.82, 2.24) is 4.98 Å². The summed E-state index contributed by atoms with van der Waals surface area (Å²) in [6.07, 6.45) is -8.34. The molecule has 0 aliphatic rings. The molecule has 0 saturated carbocycles. The number of rotatable bonds is 4. The van der Waals surface area contributed by atoms with E-state index in [-0.39, 0.29) is 0 Å². The van der Waals surface area contributed by atoms with Gasteiger partial charge in [-0.05, 0) is 6.07 Å². The van der Waals surface area contributed by atoms with Gasteiger partial charge in [-0.25, -0.2) is 18.6 Å². The number of pyridine rings is 1. The lowest BCUT2D eigenvalue weighted by molar-refractivity contribution is -0.275. The molecular weight excluding hydrogens is 279 g/mol. The highest BCUT2D eigenvalue weighted by molar-refractivity contribution is 5.89. The molecule has 0 radical (unpaired) electrons. The minimum atomic E-state index is -5.19. The van der Waals surface area contributed by atoms with Crippen molar-refractivity contribution < 1.29 is 36.6 Å². The molecule has 1 rings (SSSR count). The number of aromatic nitrogens is 1. The highest BCUT2D eigenvalue weighted by atomic mass is 19.4. The number of halogens is 5. The molecule has 0 amide bonds. The summed E-state index contributed by atoms with van der Waals surface area (Å²) < 4.78 is 64.7. The van der Waals surface area contributed by atoms with Gasteiger partial charge >= 0.3 is 12.3 Å². The lowest BCUT2D eigenvalue weighted by atomic mass is 10.1. The van der Waals surface area contributed by atoms with Gasteiger partial charge in [-0.2, -0.15) is 0 Å².